The zero-order valence-corrected chi connectivity index (χ0v) is 5.87. The molecule has 0 aliphatic heterocycles. The van der Waals surface area contributed by atoms with Gasteiger partial charge >= 0.3 is 0 Å². The van der Waals surface area contributed by atoms with E-state index in [2.05, 4.69) is 15.4 Å². The summed E-state index contributed by atoms with van der Waals surface area (Å²) < 4.78 is 0. The van der Waals surface area contributed by atoms with Crippen LogP contribution in [0.15, 0.2) is 0 Å². The SMILES string of the molecule is N#Cc1nnnc(Cl)c1C#N. The lowest BCUT2D eigenvalue weighted by Gasteiger charge is -1.90. The molecule has 1 aromatic rings. The Balaban J connectivity index is 3.42. The molecule has 5 nitrogen and oxygen atoms in total. The Labute approximate surface area is 66.8 Å². The molecule has 0 unspecified atom stereocenters. The van der Waals surface area contributed by atoms with Crippen molar-refractivity contribution in [1.29, 1.82) is 10.5 Å². The first-order valence-corrected chi connectivity index (χ1v) is 2.86. The fourth-order valence-electron chi connectivity index (χ4n) is 0.481. The van der Waals surface area contributed by atoms with Crippen LogP contribution in [-0.2, 0) is 0 Å². The molecule has 0 aromatic carbocycles. The molecule has 6 heteroatoms. The molecule has 1 heterocycles. The minimum Gasteiger partial charge on any atom is -0.192 e. The standard InChI is InChI=1S/C5ClN5/c6-5-3(1-7)4(2-8)9-11-10-5. The zero-order chi connectivity index (χ0) is 8.27. The van der Waals surface area contributed by atoms with E-state index in [-0.39, 0.29) is 16.4 Å². The predicted molar refractivity (Wildman–Crippen MR) is 34.3 cm³/mol. The van der Waals surface area contributed by atoms with Gasteiger partial charge in [-0.2, -0.15) is 10.5 Å². The quantitative estimate of drug-likeness (QED) is 0.551. The van der Waals surface area contributed by atoms with Gasteiger partial charge in [-0.1, -0.05) is 11.6 Å². The van der Waals surface area contributed by atoms with Crippen molar-refractivity contribution in [3.05, 3.63) is 16.4 Å². The van der Waals surface area contributed by atoms with Gasteiger partial charge in [0, 0.05) is 0 Å². The first-order chi connectivity index (χ1) is 5.29. The normalized spacial score (nSPS) is 8.27. The highest BCUT2D eigenvalue weighted by atomic mass is 35.5. The van der Waals surface area contributed by atoms with Gasteiger partial charge in [-0.15, -0.1) is 10.2 Å². The Morgan fingerprint density at radius 3 is 2.36 bits per heavy atom. The van der Waals surface area contributed by atoms with Crippen molar-refractivity contribution in [1.82, 2.24) is 15.4 Å². The molecule has 0 amide bonds. The summed E-state index contributed by atoms with van der Waals surface area (Å²) in [6.07, 6.45) is 0. The third-order valence-corrected chi connectivity index (χ3v) is 1.20. The van der Waals surface area contributed by atoms with Gasteiger partial charge in [0.2, 0.25) is 0 Å². The average molecular weight is 166 g/mol. The van der Waals surface area contributed by atoms with Crippen molar-refractivity contribution >= 4 is 11.6 Å². The van der Waals surface area contributed by atoms with E-state index in [4.69, 9.17) is 22.1 Å². The molecule has 0 aliphatic rings. The Hall–Kier alpha value is -1.72. The summed E-state index contributed by atoms with van der Waals surface area (Å²) in [5.41, 5.74) is -0.142. The molecule has 0 N–H and O–H groups in total. The lowest BCUT2D eigenvalue weighted by molar-refractivity contribution is 0.849. The molecular weight excluding hydrogens is 166 g/mol. The van der Waals surface area contributed by atoms with Crippen LogP contribution in [0.4, 0.5) is 0 Å². The average Bonchev–Trinajstić information content (AvgIpc) is 2.04. The van der Waals surface area contributed by atoms with Crippen LogP contribution in [0.3, 0.4) is 0 Å². The molecule has 1 aromatic heterocycles. The fourth-order valence-corrected chi connectivity index (χ4v) is 0.647. The second-order valence-corrected chi connectivity index (χ2v) is 1.89. The highest BCUT2D eigenvalue weighted by molar-refractivity contribution is 6.30. The van der Waals surface area contributed by atoms with Gasteiger partial charge in [0.1, 0.15) is 17.7 Å². The highest BCUT2D eigenvalue weighted by Crippen LogP contribution is 2.11. The summed E-state index contributed by atoms with van der Waals surface area (Å²) in [6.45, 7) is 0. The third kappa shape index (κ3) is 1.23. The molecule has 11 heavy (non-hydrogen) atoms. The van der Waals surface area contributed by atoms with Crippen molar-refractivity contribution in [2.75, 3.05) is 0 Å². The van der Waals surface area contributed by atoms with E-state index in [0.717, 1.165) is 0 Å². The van der Waals surface area contributed by atoms with Gasteiger partial charge in [0.05, 0.1) is 0 Å². The van der Waals surface area contributed by atoms with Gasteiger partial charge in [-0.05, 0) is 5.21 Å². The topological polar surface area (TPSA) is 86.2 Å². The van der Waals surface area contributed by atoms with Crippen molar-refractivity contribution < 1.29 is 0 Å². The van der Waals surface area contributed by atoms with Crippen LogP contribution in [0.5, 0.6) is 0 Å². The summed E-state index contributed by atoms with van der Waals surface area (Å²) in [5.74, 6) is 0. The fraction of sp³-hybridized carbons (Fsp3) is 0. The summed E-state index contributed by atoms with van der Waals surface area (Å²) >= 11 is 5.42. The van der Waals surface area contributed by atoms with Gasteiger partial charge in [0.25, 0.3) is 0 Å². The molecule has 0 spiro atoms. The van der Waals surface area contributed by atoms with Gasteiger partial charge in [0.15, 0.2) is 10.8 Å². The molecule has 0 atom stereocenters. The molecule has 0 fully saturated rings. The summed E-state index contributed by atoms with van der Waals surface area (Å²) in [4.78, 5) is 0. The second kappa shape index (κ2) is 2.91. The molecule has 0 aliphatic carbocycles. The predicted octanol–water partition coefficient (Wildman–Crippen LogP) is 0.268. The number of nitriles is 2. The van der Waals surface area contributed by atoms with Crippen LogP contribution < -0.4 is 0 Å². The minimum atomic E-state index is -0.104. The maximum absolute atomic E-state index is 8.44. The van der Waals surface area contributed by atoms with E-state index >= 15 is 0 Å². The van der Waals surface area contributed by atoms with E-state index < -0.39 is 0 Å². The second-order valence-electron chi connectivity index (χ2n) is 1.53. The van der Waals surface area contributed by atoms with Gasteiger partial charge < -0.3 is 0 Å². The zero-order valence-electron chi connectivity index (χ0n) is 5.11. The van der Waals surface area contributed by atoms with E-state index in [9.17, 15) is 0 Å². The van der Waals surface area contributed by atoms with Gasteiger partial charge in [-0.25, -0.2) is 0 Å². The van der Waals surface area contributed by atoms with Crippen LogP contribution in [0.1, 0.15) is 11.3 Å². The molecule has 0 bridgehead atoms. The van der Waals surface area contributed by atoms with E-state index in [1.165, 1.54) is 0 Å². The molecule has 52 valence electrons. The molecule has 0 saturated heterocycles. The van der Waals surface area contributed by atoms with Crippen LogP contribution in [0, 0.1) is 22.7 Å². The van der Waals surface area contributed by atoms with Crippen molar-refractivity contribution in [2.45, 2.75) is 0 Å². The summed E-state index contributed by atoms with van der Waals surface area (Å²) in [5, 5.41) is 26.5. The number of rotatable bonds is 0. The molecular formula is C5ClN5. The number of hydrogen-bond donors (Lipinski definition) is 0. The van der Waals surface area contributed by atoms with Crippen LogP contribution in [0.25, 0.3) is 0 Å². The lowest BCUT2D eigenvalue weighted by Crippen LogP contribution is -1.96. The van der Waals surface area contributed by atoms with Crippen LogP contribution in [0.2, 0.25) is 5.15 Å². The van der Waals surface area contributed by atoms with E-state index in [1.807, 2.05) is 0 Å². The van der Waals surface area contributed by atoms with Crippen molar-refractivity contribution in [3.8, 4) is 12.1 Å². The largest absolute Gasteiger partial charge is 0.192 e. The minimum absolute atomic E-state index is 0.0378. The maximum Gasteiger partial charge on any atom is 0.185 e. The lowest BCUT2D eigenvalue weighted by atomic mass is 10.3. The monoisotopic (exact) mass is 165 g/mol. The molecule has 0 radical (unpaired) electrons. The van der Waals surface area contributed by atoms with Gasteiger partial charge in [-0.3, -0.25) is 0 Å². The Kier molecular flexibility index (Phi) is 1.95. The van der Waals surface area contributed by atoms with Crippen molar-refractivity contribution in [2.24, 2.45) is 0 Å². The number of nitrogens with zero attached hydrogens (tertiary/aromatic N) is 5. The van der Waals surface area contributed by atoms with Crippen LogP contribution in [-0.4, -0.2) is 15.4 Å². The molecule has 0 saturated carbocycles. The maximum atomic E-state index is 8.44. The number of aromatic nitrogens is 3. The Morgan fingerprint density at radius 1 is 1.18 bits per heavy atom. The summed E-state index contributed by atoms with van der Waals surface area (Å²) in [7, 11) is 0. The van der Waals surface area contributed by atoms with Crippen LogP contribution >= 0.6 is 11.6 Å². The first kappa shape index (κ1) is 7.39. The Bertz CT molecular complexity index is 360. The number of halogens is 1. The number of hydrogen-bond acceptors (Lipinski definition) is 5. The van der Waals surface area contributed by atoms with Crippen molar-refractivity contribution in [3.63, 3.8) is 0 Å². The first-order valence-electron chi connectivity index (χ1n) is 2.48. The van der Waals surface area contributed by atoms with E-state index in [0.29, 0.717) is 0 Å². The van der Waals surface area contributed by atoms with E-state index in [1.54, 1.807) is 12.1 Å². The summed E-state index contributed by atoms with van der Waals surface area (Å²) in [6, 6.07) is 3.36. The smallest absolute Gasteiger partial charge is 0.185 e. The highest BCUT2D eigenvalue weighted by Gasteiger charge is 2.08. The third-order valence-electron chi connectivity index (χ3n) is 0.938. The molecule has 1 rings (SSSR count). The Morgan fingerprint density at radius 2 is 1.91 bits per heavy atom.